The molecule has 0 saturated heterocycles. The van der Waals surface area contributed by atoms with E-state index in [1.54, 1.807) is 20.3 Å². The first-order valence-electron chi connectivity index (χ1n) is 7.66. The summed E-state index contributed by atoms with van der Waals surface area (Å²) in [6.07, 6.45) is -0.0582. The lowest BCUT2D eigenvalue weighted by Gasteiger charge is -2.14. The molecule has 0 heterocycles. The first-order valence-corrected chi connectivity index (χ1v) is 7.66. The molecule has 0 spiro atoms. The van der Waals surface area contributed by atoms with Crippen LogP contribution in [0, 0.1) is 0 Å². The zero-order chi connectivity index (χ0) is 17.5. The third-order valence-corrected chi connectivity index (χ3v) is 3.78. The minimum Gasteiger partial charge on any atom is -0.504 e. The summed E-state index contributed by atoms with van der Waals surface area (Å²) >= 11 is 0. The van der Waals surface area contributed by atoms with Gasteiger partial charge in [-0.1, -0.05) is 6.07 Å². The van der Waals surface area contributed by atoms with Crippen LogP contribution < -0.4 is 14.8 Å². The zero-order valence-electron chi connectivity index (χ0n) is 13.8. The fourth-order valence-corrected chi connectivity index (χ4v) is 2.40. The summed E-state index contributed by atoms with van der Waals surface area (Å²) in [6, 6.07) is 9.92. The SMILES string of the molecule is COc1ccc(OC)c(CCNC[C@@H](O)c2ccc(O)c(O)c2)c1. The minimum absolute atomic E-state index is 0.205. The number of aliphatic hydroxyl groups excluding tert-OH is 1. The standard InChI is InChI=1S/C18H23NO5/c1-23-14-4-6-18(24-2)13(9-14)7-8-19-11-17(22)12-3-5-15(20)16(21)10-12/h3-6,9-10,17,19-22H,7-8,11H2,1-2H3/t17-/m1/s1. The van der Waals surface area contributed by atoms with E-state index in [1.165, 1.54) is 12.1 Å². The Morgan fingerprint density at radius 3 is 2.46 bits per heavy atom. The van der Waals surface area contributed by atoms with Gasteiger partial charge in [-0.25, -0.2) is 0 Å². The van der Waals surface area contributed by atoms with Crippen molar-refractivity contribution in [3.8, 4) is 23.0 Å². The Morgan fingerprint density at radius 2 is 1.79 bits per heavy atom. The van der Waals surface area contributed by atoms with Crippen LogP contribution in [0.1, 0.15) is 17.2 Å². The van der Waals surface area contributed by atoms with E-state index in [9.17, 15) is 15.3 Å². The molecule has 130 valence electrons. The van der Waals surface area contributed by atoms with Gasteiger partial charge in [0.05, 0.1) is 20.3 Å². The average molecular weight is 333 g/mol. The van der Waals surface area contributed by atoms with E-state index in [0.29, 0.717) is 25.1 Å². The Bertz CT molecular complexity index is 674. The molecule has 6 heteroatoms. The third kappa shape index (κ3) is 4.53. The van der Waals surface area contributed by atoms with Gasteiger partial charge in [-0.05, 0) is 54.4 Å². The van der Waals surface area contributed by atoms with Crippen LogP contribution in [-0.4, -0.2) is 42.6 Å². The number of benzene rings is 2. The van der Waals surface area contributed by atoms with Gasteiger partial charge in [0.1, 0.15) is 11.5 Å². The number of rotatable bonds is 8. The lowest BCUT2D eigenvalue weighted by molar-refractivity contribution is 0.174. The molecule has 1 atom stereocenters. The number of nitrogens with one attached hydrogen (secondary N) is 1. The maximum atomic E-state index is 10.1. The Kier molecular flexibility index (Phi) is 6.28. The second kappa shape index (κ2) is 8.42. The molecule has 0 unspecified atom stereocenters. The predicted molar refractivity (Wildman–Crippen MR) is 90.9 cm³/mol. The summed E-state index contributed by atoms with van der Waals surface area (Å²) in [5, 5.41) is 32.0. The molecule has 24 heavy (non-hydrogen) atoms. The first kappa shape index (κ1) is 17.9. The molecule has 0 amide bonds. The number of ether oxygens (including phenoxy) is 2. The Hall–Kier alpha value is -2.44. The summed E-state index contributed by atoms with van der Waals surface area (Å²) in [5.41, 5.74) is 1.55. The maximum absolute atomic E-state index is 10.1. The lowest BCUT2D eigenvalue weighted by atomic mass is 10.1. The Labute approximate surface area is 141 Å². The minimum atomic E-state index is -0.774. The fraction of sp³-hybridized carbons (Fsp3) is 0.333. The van der Waals surface area contributed by atoms with Crippen molar-refractivity contribution in [3.05, 3.63) is 47.5 Å². The van der Waals surface area contributed by atoms with E-state index < -0.39 is 6.10 Å². The number of hydrogen-bond acceptors (Lipinski definition) is 6. The Balaban J connectivity index is 1.87. The third-order valence-electron chi connectivity index (χ3n) is 3.78. The van der Waals surface area contributed by atoms with E-state index in [0.717, 1.165) is 17.1 Å². The van der Waals surface area contributed by atoms with Crippen molar-refractivity contribution in [2.24, 2.45) is 0 Å². The molecule has 0 bridgehead atoms. The van der Waals surface area contributed by atoms with Crippen molar-refractivity contribution in [2.45, 2.75) is 12.5 Å². The smallest absolute Gasteiger partial charge is 0.157 e. The number of aliphatic hydroxyl groups is 1. The van der Waals surface area contributed by atoms with Crippen LogP contribution in [0.2, 0.25) is 0 Å². The Morgan fingerprint density at radius 1 is 1.00 bits per heavy atom. The van der Waals surface area contributed by atoms with Gasteiger partial charge in [0, 0.05) is 6.54 Å². The highest BCUT2D eigenvalue weighted by Crippen LogP contribution is 2.27. The van der Waals surface area contributed by atoms with Crippen LogP contribution in [0.3, 0.4) is 0 Å². The normalized spacial score (nSPS) is 12.0. The molecule has 6 nitrogen and oxygen atoms in total. The summed E-state index contributed by atoms with van der Waals surface area (Å²) < 4.78 is 10.5. The van der Waals surface area contributed by atoms with Crippen molar-refractivity contribution in [3.63, 3.8) is 0 Å². The summed E-state index contributed by atoms with van der Waals surface area (Å²) in [7, 11) is 3.24. The van der Waals surface area contributed by atoms with Crippen LogP contribution >= 0.6 is 0 Å². The summed E-state index contributed by atoms with van der Waals surface area (Å²) in [6.45, 7) is 0.973. The largest absolute Gasteiger partial charge is 0.504 e. The van der Waals surface area contributed by atoms with E-state index in [2.05, 4.69) is 5.32 Å². The number of hydrogen-bond donors (Lipinski definition) is 4. The summed E-state index contributed by atoms with van der Waals surface area (Å²) in [4.78, 5) is 0. The fourth-order valence-electron chi connectivity index (χ4n) is 2.40. The summed E-state index contributed by atoms with van der Waals surface area (Å²) in [5.74, 6) is 1.11. The molecule has 0 fully saturated rings. The molecule has 2 aromatic carbocycles. The van der Waals surface area contributed by atoms with Gasteiger partial charge in [-0.15, -0.1) is 0 Å². The monoisotopic (exact) mass is 333 g/mol. The van der Waals surface area contributed by atoms with Gasteiger partial charge >= 0.3 is 0 Å². The first-order chi connectivity index (χ1) is 11.5. The van der Waals surface area contributed by atoms with E-state index >= 15 is 0 Å². The number of phenols is 2. The van der Waals surface area contributed by atoms with Crippen LogP contribution in [0.25, 0.3) is 0 Å². The lowest BCUT2D eigenvalue weighted by Crippen LogP contribution is -2.23. The van der Waals surface area contributed by atoms with Crippen molar-refractivity contribution in [1.29, 1.82) is 0 Å². The molecule has 0 radical (unpaired) electrons. The van der Waals surface area contributed by atoms with Crippen molar-refractivity contribution in [2.75, 3.05) is 27.3 Å². The van der Waals surface area contributed by atoms with Crippen molar-refractivity contribution in [1.82, 2.24) is 5.32 Å². The molecule has 0 aliphatic carbocycles. The predicted octanol–water partition coefficient (Wildman–Crippen LogP) is 1.98. The molecule has 4 N–H and O–H groups in total. The highest BCUT2D eigenvalue weighted by molar-refractivity contribution is 5.41. The molecular formula is C18H23NO5. The van der Waals surface area contributed by atoms with Gasteiger partial charge in [0.25, 0.3) is 0 Å². The molecule has 0 aromatic heterocycles. The zero-order valence-corrected chi connectivity index (χ0v) is 13.8. The maximum Gasteiger partial charge on any atom is 0.157 e. The van der Waals surface area contributed by atoms with Gasteiger partial charge in [-0.2, -0.15) is 0 Å². The molecule has 0 aliphatic rings. The van der Waals surface area contributed by atoms with Gasteiger partial charge < -0.3 is 30.1 Å². The van der Waals surface area contributed by atoms with Crippen LogP contribution in [0.5, 0.6) is 23.0 Å². The van der Waals surface area contributed by atoms with Gasteiger partial charge in [0.2, 0.25) is 0 Å². The van der Waals surface area contributed by atoms with E-state index in [-0.39, 0.29) is 11.5 Å². The molecule has 0 saturated carbocycles. The highest BCUT2D eigenvalue weighted by Gasteiger charge is 2.10. The van der Waals surface area contributed by atoms with Gasteiger partial charge in [0.15, 0.2) is 11.5 Å². The van der Waals surface area contributed by atoms with Crippen molar-refractivity contribution >= 4 is 0 Å². The quantitative estimate of drug-likeness (QED) is 0.436. The van der Waals surface area contributed by atoms with Gasteiger partial charge in [-0.3, -0.25) is 0 Å². The molecule has 0 aliphatic heterocycles. The number of phenolic OH excluding ortho intramolecular Hbond substituents is 2. The second-order valence-electron chi connectivity index (χ2n) is 5.40. The molecule has 2 aromatic rings. The topological polar surface area (TPSA) is 91.2 Å². The van der Waals surface area contributed by atoms with E-state index in [4.69, 9.17) is 9.47 Å². The second-order valence-corrected chi connectivity index (χ2v) is 5.40. The molecular weight excluding hydrogens is 310 g/mol. The number of aromatic hydroxyl groups is 2. The number of methoxy groups -OCH3 is 2. The van der Waals surface area contributed by atoms with Crippen molar-refractivity contribution < 1.29 is 24.8 Å². The average Bonchev–Trinajstić information content (AvgIpc) is 2.60. The van der Waals surface area contributed by atoms with Crippen LogP contribution in [0.15, 0.2) is 36.4 Å². The molecule has 2 rings (SSSR count). The van der Waals surface area contributed by atoms with E-state index in [1.807, 2.05) is 18.2 Å². The van der Waals surface area contributed by atoms with Crippen LogP contribution in [-0.2, 0) is 6.42 Å². The highest BCUT2D eigenvalue weighted by atomic mass is 16.5. The van der Waals surface area contributed by atoms with Crippen LogP contribution in [0.4, 0.5) is 0 Å².